The Balaban J connectivity index is 0.000000138. The minimum atomic E-state index is 0.360. The Morgan fingerprint density at radius 3 is 2.62 bits per heavy atom. The van der Waals surface area contributed by atoms with Gasteiger partial charge in [-0.25, -0.2) is 0 Å². The Morgan fingerprint density at radius 2 is 2.00 bits per heavy atom. The fraction of sp³-hybridized carbons (Fsp3) is 0.538. The topological polar surface area (TPSA) is 27.7 Å². The van der Waals surface area contributed by atoms with E-state index in [1.807, 2.05) is 25.1 Å². The molecule has 1 aromatic carbocycles. The first-order valence-corrected chi connectivity index (χ1v) is 5.73. The molecule has 2 aliphatic heterocycles. The van der Waals surface area contributed by atoms with E-state index in [9.17, 15) is 0 Å². The normalized spacial score (nSPS) is 21.5. The van der Waals surface area contributed by atoms with Crippen molar-refractivity contribution in [2.75, 3.05) is 13.4 Å². The second-order valence-electron chi connectivity index (χ2n) is 4.18. The largest absolute Gasteiger partial charge is 0.454 e. The average Bonchev–Trinajstić information content (AvgIpc) is 2.88. The lowest BCUT2D eigenvalue weighted by molar-refractivity contribution is 0.125. The first-order chi connectivity index (χ1) is 7.75. The molecule has 1 aromatic rings. The Bertz CT molecular complexity index is 343. The molecule has 0 amide bonds. The molecule has 0 radical (unpaired) electrons. The Hall–Kier alpha value is -1.22. The highest BCUT2D eigenvalue weighted by Crippen LogP contribution is 2.31. The average molecular weight is 222 g/mol. The summed E-state index contributed by atoms with van der Waals surface area (Å²) in [5.74, 6) is 1.71. The standard InChI is InChI=1S/C8H8O2.C5H10O/c1-6-2-3-7-8(4-6)10-5-9-7;1-5-3-2-4-6-5/h2-4H,5H2,1H3;5H,2-4H2,1H3. The number of aryl methyl sites for hydroxylation is 1. The molecule has 2 aliphatic rings. The van der Waals surface area contributed by atoms with Crippen molar-refractivity contribution >= 4 is 0 Å². The molecule has 0 saturated carbocycles. The lowest BCUT2D eigenvalue weighted by atomic mass is 10.2. The van der Waals surface area contributed by atoms with Crippen LogP contribution in [0.1, 0.15) is 25.3 Å². The van der Waals surface area contributed by atoms with Crippen LogP contribution in [0.2, 0.25) is 0 Å². The van der Waals surface area contributed by atoms with Gasteiger partial charge in [-0.1, -0.05) is 6.07 Å². The second kappa shape index (κ2) is 5.21. The maximum atomic E-state index is 5.16. The van der Waals surface area contributed by atoms with Gasteiger partial charge in [0.1, 0.15) is 0 Å². The van der Waals surface area contributed by atoms with Gasteiger partial charge in [-0.3, -0.25) is 0 Å². The number of hydrogen-bond acceptors (Lipinski definition) is 3. The van der Waals surface area contributed by atoms with Crippen molar-refractivity contribution in [3.05, 3.63) is 23.8 Å². The summed E-state index contributed by atoms with van der Waals surface area (Å²) in [6.07, 6.45) is 3.08. The van der Waals surface area contributed by atoms with E-state index < -0.39 is 0 Å². The highest BCUT2D eigenvalue weighted by Gasteiger charge is 2.11. The molecule has 3 nitrogen and oxygen atoms in total. The summed E-state index contributed by atoms with van der Waals surface area (Å²) in [7, 11) is 0. The molecule has 0 aromatic heterocycles. The highest BCUT2D eigenvalue weighted by atomic mass is 16.7. The highest BCUT2D eigenvalue weighted by molar-refractivity contribution is 5.43. The zero-order valence-corrected chi connectivity index (χ0v) is 9.86. The zero-order valence-electron chi connectivity index (χ0n) is 9.86. The lowest BCUT2D eigenvalue weighted by Crippen LogP contribution is -1.94. The number of fused-ring (bicyclic) bond motifs is 1. The van der Waals surface area contributed by atoms with Crippen LogP contribution in [0.25, 0.3) is 0 Å². The van der Waals surface area contributed by atoms with Crippen LogP contribution < -0.4 is 9.47 Å². The molecule has 16 heavy (non-hydrogen) atoms. The van der Waals surface area contributed by atoms with Crippen LogP contribution >= 0.6 is 0 Å². The summed E-state index contributed by atoms with van der Waals surface area (Å²) in [5, 5.41) is 0. The summed E-state index contributed by atoms with van der Waals surface area (Å²) >= 11 is 0. The van der Waals surface area contributed by atoms with Crippen LogP contribution in [0.5, 0.6) is 11.5 Å². The van der Waals surface area contributed by atoms with Crippen LogP contribution in [-0.4, -0.2) is 19.5 Å². The van der Waals surface area contributed by atoms with Gasteiger partial charge in [0.2, 0.25) is 6.79 Å². The Kier molecular flexibility index (Phi) is 3.67. The lowest BCUT2D eigenvalue weighted by Gasteiger charge is -1.94. The monoisotopic (exact) mass is 222 g/mol. The van der Waals surface area contributed by atoms with Gasteiger partial charge in [-0.15, -0.1) is 0 Å². The van der Waals surface area contributed by atoms with E-state index in [0.717, 1.165) is 18.1 Å². The molecule has 1 unspecified atom stereocenters. The molecular formula is C13H18O3. The molecule has 3 rings (SSSR count). The predicted molar refractivity (Wildman–Crippen MR) is 62.0 cm³/mol. The van der Waals surface area contributed by atoms with Gasteiger partial charge in [-0.2, -0.15) is 0 Å². The van der Waals surface area contributed by atoms with Crippen molar-refractivity contribution in [2.45, 2.75) is 32.8 Å². The molecule has 0 spiro atoms. The summed E-state index contributed by atoms with van der Waals surface area (Å²) in [5.41, 5.74) is 1.20. The summed E-state index contributed by atoms with van der Waals surface area (Å²) in [6, 6.07) is 5.91. The first kappa shape index (κ1) is 11.3. The molecule has 0 aliphatic carbocycles. The minimum Gasteiger partial charge on any atom is -0.454 e. The number of hydrogen-bond donors (Lipinski definition) is 0. The van der Waals surface area contributed by atoms with E-state index in [1.165, 1.54) is 18.4 Å². The van der Waals surface area contributed by atoms with Crippen molar-refractivity contribution in [1.82, 2.24) is 0 Å². The van der Waals surface area contributed by atoms with Gasteiger partial charge in [-0.05, 0) is 44.4 Å². The van der Waals surface area contributed by atoms with Crippen molar-refractivity contribution < 1.29 is 14.2 Å². The van der Waals surface area contributed by atoms with Gasteiger partial charge in [0, 0.05) is 6.61 Å². The molecular weight excluding hydrogens is 204 g/mol. The maximum absolute atomic E-state index is 5.16. The molecule has 0 bridgehead atoms. The second-order valence-corrected chi connectivity index (χ2v) is 4.18. The molecule has 1 saturated heterocycles. The Morgan fingerprint density at radius 1 is 1.19 bits per heavy atom. The first-order valence-electron chi connectivity index (χ1n) is 5.73. The third-order valence-electron chi connectivity index (χ3n) is 2.69. The molecule has 88 valence electrons. The molecule has 1 atom stereocenters. The van der Waals surface area contributed by atoms with Gasteiger partial charge in [0.05, 0.1) is 6.10 Å². The summed E-state index contributed by atoms with van der Waals surface area (Å²) in [6.45, 7) is 5.49. The van der Waals surface area contributed by atoms with Crippen LogP contribution in [0.4, 0.5) is 0 Å². The van der Waals surface area contributed by atoms with E-state index in [2.05, 4.69) is 6.92 Å². The van der Waals surface area contributed by atoms with Crippen LogP contribution in [0.3, 0.4) is 0 Å². The maximum Gasteiger partial charge on any atom is 0.231 e. The molecule has 2 heterocycles. The number of ether oxygens (including phenoxy) is 3. The fourth-order valence-electron chi connectivity index (χ4n) is 1.74. The molecule has 3 heteroatoms. The molecule has 0 N–H and O–H groups in total. The number of benzene rings is 1. The summed E-state index contributed by atoms with van der Waals surface area (Å²) in [4.78, 5) is 0. The number of rotatable bonds is 0. The van der Waals surface area contributed by atoms with Crippen molar-refractivity contribution in [3.8, 4) is 11.5 Å². The van der Waals surface area contributed by atoms with Crippen molar-refractivity contribution in [1.29, 1.82) is 0 Å². The SMILES string of the molecule is CC1CCCO1.Cc1ccc2c(c1)OCO2. The van der Waals surface area contributed by atoms with E-state index in [0.29, 0.717) is 12.9 Å². The van der Waals surface area contributed by atoms with Crippen molar-refractivity contribution in [3.63, 3.8) is 0 Å². The minimum absolute atomic E-state index is 0.360. The van der Waals surface area contributed by atoms with Crippen LogP contribution in [0, 0.1) is 6.92 Å². The predicted octanol–water partition coefficient (Wildman–Crippen LogP) is 2.91. The zero-order chi connectivity index (χ0) is 11.4. The summed E-state index contributed by atoms with van der Waals surface area (Å²) < 4.78 is 15.4. The van der Waals surface area contributed by atoms with Gasteiger partial charge < -0.3 is 14.2 Å². The van der Waals surface area contributed by atoms with E-state index in [4.69, 9.17) is 14.2 Å². The third-order valence-corrected chi connectivity index (χ3v) is 2.69. The van der Waals surface area contributed by atoms with Crippen LogP contribution in [-0.2, 0) is 4.74 Å². The van der Waals surface area contributed by atoms with Gasteiger partial charge in [0.15, 0.2) is 11.5 Å². The van der Waals surface area contributed by atoms with Gasteiger partial charge in [0.25, 0.3) is 0 Å². The van der Waals surface area contributed by atoms with E-state index >= 15 is 0 Å². The third kappa shape index (κ3) is 2.89. The van der Waals surface area contributed by atoms with E-state index in [-0.39, 0.29) is 0 Å². The fourth-order valence-corrected chi connectivity index (χ4v) is 1.74. The van der Waals surface area contributed by atoms with Crippen LogP contribution in [0.15, 0.2) is 18.2 Å². The smallest absolute Gasteiger partial charge is 0.231 e. The van der Waals surface area contributed by atoms with Gasteiger partial charge >= 0.3 is 0 Å². The van der Waals surface area contributed by atoms with E-state index in [1.54, 1.807) is 0 Å². The van der Waals surface area contributed by atoms with Crippen molar-refractivity contribution in [2.24, 2.45) is 0 Å². The molecule has 1 fully saturated rings. The Labute approximate surface area is 96.3 Å². The quantitative estimate of drug-likeness (QED) is 0.675.